The molecule has 0 saturated heterocycles. The van der Waals surface area contributed by atoms with Crippen LogP contribution in [0, 0.1) is 0 Å². The molecule has 3 heteroatoms. The monoisotopic (exact) mass is 216 g/mol. The molecule has 3 nitrogen and oxygen atoms in total. The second kappa shape index (κ2) is 6.83. The highest BCUT2D eigenvalue weighted by Crippen LogP contribution is 2.11. The Kier molecular flexibility index (Phi) is 6.57. The molecule has 0 heterocycles. The van der Waals surface area contributed by atoms with Crippen molar-refractivity contribution in [2.24, 2.45) is 0 Å². The number of esters is 1. The predicted octanol–water partition coefficient (Wildman–Crippen LogP) is 2.66. The third kappa shape index (κ3) is 7.37. The van der Waals surface area contributed by atoms with E-state index in [0.717, 1.165) is 12.8 Å². The van der Waals surface area contributed by atoms with Gasteiger partial charge in [0.25, 0.3) is 0 Å². The van der Waals surface area contributed by atoms with Crippen molar-refractivity contribution in [1.29, 1.82) is 0 Å². The largest absolute Gasteiger partial charge is 0.461 e. The summed E-state index contributed by atoms with van der Waals surface area (Å²) < 4.78 is 5.11. The lowest BCUT2D eigenvalue weighted by Gasteiger charge is -2.19. The molecule has 0 aliphatic heterocycles. The standard InChI is InChI=1S/C12H24O3/c1-5-6-7-8-9-10(2)15-11(13)12(3,4)14/h10,14H,5-9H2,1-4H3. The van der Waals surface area contributed by atoms with Crippen LogP contribution in [0.1, 0.15) is 59.8 Å². The lowest BCUT2D eigenvalue weighted by molar-refractivity contribution is -0.166. The molecule has 0 radical (unpaired) electrons. The first-order valence-corrected chi connectivity index (χ1v) is 5.81. The average molecular weight is 216 g/mol. The van der Waals surface area contributed by atoms with Crippen LogP contribution in [0.4, 0.5) is 0 Å². The Labute approximate surface area is 92.8 Å². The normalized spacial score (nSPS) is 13.7. The number of hydrogen-bond acceptors (Lipinski definition) is 3. The van der Waals surface area contributed by atoms with Crippen molar-refractivity contribution in [2.75, 3.05) is 0 Å². The van der Waals surface area contributed by atoms with Gasteiger partial charge in [0.2, 0.25) is 0 Å². The highest BCUT2D eigenvalue weighted by atomic mass is 16.6. The van der Waals surface area contributed by atoms with E-state index in [-0.39, 0.29) is 6.10 Å². The number of unbranched alkanes of at least 4 members (excludes halogenated alkanes) is 3. The molecule has 0 aliphatic rings. The Balaban J connectivity index is 3.65. The van der Waals surface area contributed by atoms with Crippen molar-refractivity contribution < 1.29 is 14.6 Å². The number of rotatable bonds is 7. The van der Waals surface area contributed by atoms with Crippen LogP contribution in [0.2, 0.25) is 0 Å². The summed E-state index contributed by atoms with van der Waals surface area (Å²) in [6.45, 7) is 6.92. The Bertz CT molecular complexity index is 182. The molecular formula is C12H24O3. The first-order valence-electron chi connectivity index (χ1n) is 5.81. The van der Waals surface area contributed by atoms with Gasteiger partial charge in [-0.05, 0) is 33.6 Å². The maximum absolute atomic E-state index is 11.3. The minimum atomic E-state index is -1.38. The molecule has 0 spiro atoms. The first kappa shape index (κ1) is 14.4. The fourth-order valence-electron chi connectivity index (χ4n) is 1.24. The van der Waals surface area contributed by atoms with Crippen molar-refractivity contribution in [1.82, 2.24) is 0 Å². The number of aliphatic hydroxyl groups is 1. The van der Waals surface area contributed by atoms with Crippen molar-refractivity contribution >= 4 is 5.97 Å². The molecule has 0 saturated carbocycles. The fraction of sp³-hybridized carbons (Fsp3) is 0.917. The molecule has 0 fully saturated rings. The highest BCUT2D eigenvalue weighted by Gasteiger charge is 2.26. The smallest absolute Gasteiger partial charge is 0.337 e. The molecule has 0 aliphatic carbocycles. The van der Waals surface area contributed by atoms with Crippen LogP contribution in [0.5, 0.6) is 0 Å². The maximum atomic E-state index is 11.3. The summed E-state index contributed by atoms with van der Waals surface area (Å²) >= 11 is 0. The summed E-state index contributed by atoms with van der Waals surface area (Å²) in [6.07, 6.45) is 5.47. The van der Waals surface area contributed by atoms with Crippen LogP contribution in [0.15, 0.2) is 0 Å². The van der Waals surface area contributed by atoms with Crippen LogP contribution >= 0.6 is 0 Å². The van der Waals surface area contributed by atoms with Gasteiger partial charge < -0.3 is 9.84 Å². The summed E-state index contributed by atoms with van der Waals surface area (Å²) in [5.74, 6) is -0.537. The number of hydrogen-bond donors (Lipinski definition) is 1. The van der Waals surface area contributed by atoms with Crippen LogP contribution in [0.25, 0.3) is 0 Å². The minimum absolute atomic E-state index is 0.0965. The van der Waals surface area contributed by atoms with Crippen LogP contribution in [-0.4, -0.2) is 22.8 Å². The summed E-state index contributed by atoms with van der Waals surface area (Å²) in [5.41, 5.74) is -1.38. The van der Waals surface area contributed by atoms with E-state index in [4.69, 9.17) is 4.74 Å². The fourth-order valence-corrected chi connectivity index (χ4v) is 1.24. The first-order chi connectivity index (χ1) is 6.88. The van der Waals surface area contributed by atoms with Gasteiger partial charge in [-0.1, -0.05) is 26.2 Å². The van der Waals surface area contributed by atoms with E-state index in [2.05, 4.69) is 6.92 Å². The summed E-state index contributed by atoms with van der Waals surface area (Å²) in [5, 5.41) is 9.37. The molecule has 1 unspecified atom stereocenters. The average Bonchev–Trinajstić information content (AvgIpc) is 2.11. The molecule has 0 amide bonds. The topological polar surface area (TPSA) is 46.5 Å². The zero-order valence-corrected chi connectivity index (χ0v) is 10.4. The minimum Gasteiger partial charge on any atom is -0.461 e. The van der Waals surface area contributed by atoms with Crippen LogP contribution < -0.4 is 0 Å². The Hall–Kier alpha value is -0.570. The molecule has 0 aromatic carbocycles. The molecule has 0 rings (SSSR count). The van der Waals surface area contributed by atoms with Crippen molar-refractivity contribution in [3.63, 3.8) is 0 Å². The predicted molar refractivity (Wildman–Crippen MR) is 60.6 cm³/mol. The Morgan fingerprint density at radius 2 is 1.93 bits per heavy atom. The Morgan fingerprint density at radius 1 is 1.33 bits per heavy atom. The molecule has 0 bridgehead atoms. The van der Waals surface area contributed by atoms with E-state index in [0.29, 0.717) is 0 Å². The highest BCUT2D eigenvalue weighted by molar-refractivity contribution is 5.78. The number of ether oxygens (including phenoxy) is 1. The molecule has 0 aromatic rings. The second-order valence-corrected chi connectivity index (χ2v) is 4.62. The third-order valence-electron chi connectivity index (χ3n) is 2.27. The van der Waals surface area contributed by atoms with E-state index >= 15 is 0 Å². The molecular weight excluding hydrogens is 192 g/mol. The Morgan fingerprint density at radius 3 is 2.40 bits per heavy atom. The summed E-state index contributed by atoms with van der Waals surface area (Å²) in [4.78, 5) is 11.3. The van der Waals surface area contributed by atoms with Crippen molar-refractivity contribution in [3.05, 3.63) is 0 Å². The van der Waals surface area contributed by atoms with Crippen LogP contribution in [0.3, 0.4) is 0 Å². The van der Waals surface area contributed by atoms with Gasteiger partial charge in [0.15, 0.2) is 5.60 Å². The van der Waals surface area contributed by atoms with Gasteiger partial charge >= 0.3 is 5.97 Å². The quantitative estimate of drug-likeness (QED) is 0.525. The SMILES string of the molecule is CCCCCCC(C)OC(=O)C(C)(C)O. The molecule has 15 heavy (non-hydrogen) atoms. The molecule has 1 N–H and O–H groups in total. The van der Waals surface area contributed by atoms with Gasteiger partial charge in [-0.2, -0.15) is 0 Å². The van der Waals surface area contributed by atoms with Gasteiger partial charge in [-0.25, -0.2) is 4.79 Å². The number of carbonyl (C=O) groups excluding carboxylic acids is 1. The van der Waals surface area contributed by atoms with Gasteiger partial charge in [0.1, 0.15) is 0 Å². The lowest BCUT2D eigenvalue weighted by Crippen LogP contribution is -2.35. The lowest BCUT2D eigenvalue weighted by atomic mass is 10.1. The van der Waals surface area contributed by atoms with Gasteiger partial charge in [0.05, 0.1) is 6.10 Å². The summed E-state index contributed by atoms with van der Waals surface area (Å²) in [6, 6.07) is 0. The molecule has 90 valence electrons. The zero-order valence-electron chi connectivity index (χ0n) is 10.4. The van der Waals surface area contributed by atoms with E-state index in [1.54, 1.807) is 0 Å². The van der Waals surface area contributed by atoms with Gasteiger partial charge in [-0.15, -0.1) is 0 Å². The van der Waals surface area contributed by atoms with E-state index in [9.17, 15) is 9.90 Å². The maximum Gasteiger partial charge on any atom is 0.337 e. The number of carbonyl (C=O) groups is 1. The third-order valence-corrected chi connectivity index (χ3v) is 2.27. The zero-order chi connectivity index (χ0) is 11.9. The van der Waals surface area contributed by atoms with Gasteiger partial charge in [0, 0.05) is 0 Å². The van der Waals surface area contributed by atoms with E-state index < -0.39 is 11.6 Å². The van der Waals surface area contributed by atoms with E-state index in [1.165, 1.54) is 33.1 Å². The summed E-state index contributed by atoms with van der Waals surface area (Å²) in [7, 11) is 0. The van der Waals surface area contributed by atoms with Crippen molar-refractivity contribution in [3.8, 4) is 0 Å². The van der Waals surface area contributed by atoms with Crippen LogP contribution in [-0.2, 0) is 9.53 Å². The van der Waals surface area contributed by atoms with E-state index in [1.807, 2.05) is 6.92 Å². The molecule has 0 aromatic heterocycles. The van der Waals surface area contributed by atoms with Crippen molar-refractivity contribution in [2.45, 2.75) is 71.5 Å². The second-order valence-electron chi connectivity index (χ2n) is 4.62. The van der Waals surface area contributed by atoms with Gasteiger partial charge in [-0.3, -0.25) is 0 Å². The molecule has 1 atom stereocenters.